The molecule has 0 saturated carbocycles. The Balaban J connectivity index is 1.75. The topological polar surface area (TPSA) is 32.7 Å². The van der Waals surface area contributed by atoms with Crippen LogP contribution in [0.2, 0.25) is 0 Å². The lowest BCUT2D eigenvalue weighted by Gasteiger charge is -2.33. The first-order valence-electron chi connectivity index (χ1n) is 6.94. The Hall–Kier alpha value is -0.580. The summed E-state index contributed by atoms with van der Waals surface area (Å²) in [6, 6.07) is 7.91. The zero-order chi connectivity index (χ0) is 13.7. The number of nitrogens with zero attached hydrogens (tertiary/aromatic N) is 1. The second-order valence-corrected chi connectivity index (χ2v) is 6.08. The van der Waals surface area contributed by atoms with Gasteiger partial charge < -0.3 is 9.84 Å². The van der Waals surface area contributed by atoms with Crippen LogP contribution in [0.15, 0.2) is 28.7 Å². The van der Waals surface area contributed by atoms with E-state index in [9.17, 15) is 5.11 Å². The minimum Gasteiger partial charge on any atom is -0.491 e. The third kappa shape index (κ3) is 4.48. The summed E-state index contributed by atoms with van der Waals surface area (Å²) < 4.78 is 6.78. The number of likely N-dealkylation sites (tertiary alicyclic amines) is 1. The lowest BCUT2D eigenvalue weighted by Crippen LogP contribution is -2.41. The highest BCUT2D eigenvalue weighted by atomic mass is 79.9. The van der Waals surface area contributed by atoms with Gasteiger partial charge in [-0.15, -0.1) is 0 Å². The molecule has 1 saturated heterocycles. The van der Waals surface area contributed by atoms with Crippen molar-refractivity contribution in [1.82, 2.24) is 4.90 Å². The number of piperidine rings is 1. The van der Waals surface area contributed by atoms with E-state index in [2.05, 4.69) is 20.8 Å². The smallest absolute Gasteiger partial charge is 0.133 e. The first-order chi connectivity index (χ1) is 9.16. The van der Waals surface area contributed by atoms with E-state index in [0.29, 0.717) is 12.5 Å². The van der Waals surface area contributed by atoms with Crippen LogP contribution in [0.4, 0.5) is 0 Å². The van der Waals surface area contributed by atoms with Crippen molar-refractivity contribution in [2.75, 3.05) is 26.2 Å². The summed E-state index contributed by atoms with van der Waals surface area (Å²) in [5.41, 5.74) is 0. The van der Waals surface area contributed by atoms with Gasteiger partial charge in [0.1, 0.15) is 12.4 Å². The van der Waals surface area contributed by atoms with E-state index in [1.54, 1.807) is 0 Å². The molecule has 3 nitrogen and oxygen atoms in total. The summed E-state index contributed by atoms with van der Waals surface area (Å²) in [6.07, 6.45) is 2.11. The van der Waals surface area contributed by atoms with Crippen molar-refractivity contribution >= 4 is 15.9 Å². The van der Waals surface area contributed by atoms with Gasteiger partial charge in [0.25, 0.3) is 0 Å². The molecule has 19 heavy (non-hydrogen) atoms. The van der Waals surface area contributed by atoms with E-state index in [1.807, 2.05) is 31.2 Å². The van der Waals surface area contributed by atoms with Gasteiger partial charge in [0, 0.05) is 13.1 Å². The fraction of sp³-hybridized carbons (Fsp3) is 0.600. The standard InChI is InChI=1S/C15H22BrNO2/c1-12(18)13-5-4-8-17(11-13)9-10-19-15-7-3-2-6-14(15)16/h2-3,6-7,12-13,18H,4-5,8-11H2,1H3. The molecule has 0 aliphatic carbocycles. The molecule has 2 unspecified atom stereocenters. The highest BCUT2D eigenvalue weighted by molar-refractivity contribution is 9.10. The Labute approximate surface area is 123 Å². The fourth-order valence-electron chi connectivity index (χ4n) is 2.53. The van der Waals surface area contributed by atoms with E-state index >= 15 is 0 Å². The predicted molar refractivity (Wildman–Crippen MR) is 80.5 cm³/mol. The van der Waals surface area contributed by atoms with Crippen molar-refractivity contribution < 1.29 is 9.84 Å². The number of benzene rings is 1. The van der Waals surface area contributed by atoms with Crippen LogP contribution < -0.4 is 4.74 Å². The maximum Gasteiger partial charge on any atom is 0.133 e. The maximum atomic E-state index is 9.67. The average molecular weight is 328 g/mol. The highest BCUT2D eigenvalue weighted by Crippen LogP contribution is 2.24. The summed E-state index contributed by atoms with van der Waals surface area (Å²) >= 11 is 3.48. The van der Waals surface area contributed by atoms with Crippen molar-refractivity contribution in [3.05, 3.63) is 28.7 Å². The molecule has 1 heterocycles. The van der Waals surface area contributed by atoms with E-state index in [1.165, 1.54) is 6.42 Å². The third-order valence-corrected chi connectivity index (χ3v) is 4.38. The number of hydrogen-bond acceptors (Lipinski definition) is 3. The molecule has 1 aliphatic rings. The van der Waals surface area contributed by atoms with Gasteiger partial charge in [0.2, 0.25) is 0 Å². The number of ether oxygens (including phenoxy) is 1. The normalized spacial score (nSPS) is 22.2. The SMILES string of the molecule is CC(O)C1CCCN(CCOc2ccccc2Br)C1. The van der Waals surface area contributed by atoms with Crippen molar-refractivity contribution in [2.45, 2.75) is 25.9 Å². The van der Waals surface area contributed by atoms with Gasteiger partial charge in [-0.2, -0.15) is 0 Å². The van der Waals surface area contributed by atoms with Crippen LogP contribution in [0.25, 0.3) is 0 Å². The zero-order valence-corrected chi connectivity index (χ0v) is 13.0. The molecule has 0 bridgehead atoms. The molecule has 106 valence electrons. The summed E-state index contributed by atoms with van der Waals surface area (Å²) in [6.45, 7) is 5.60. The lowest BCUT2D eigenvalue weighted by atomic mass is 9.93. The Morgan fingerprint density at radius 1 is 1.47 bits per heavy atom. The molecular formula is C15H22BrNO2. The van der Waals surface area contributed by atoms with Crippen molar-refractivity contribution in [3.63, 3.8) is 0 Å². The molecule has 1 fully saturated rings. The first kappa shape index (κ1) is 14.8. The molecule has 1 aliphatic heterocycles. The van der Waals surface area contributed by atoms with Crippen LogP contribution in [-0.2, 0) is 0 Å². The fourth-order valence-corrected chi connectivity index (χ4v) is 2.93. The quantitative estimate of drug-likeness (QED) is 0.902. The first-order valence-corrected chi connectivity index (χ1v) is 7.74. The lowest BCUT2D eigenvalue weighted by molar-refractivity contribution is 0.0573. The van der Waals surface area contributed by atoms with E-state index in [-0.39, 0.29) is 6.10 Å². The Kier molecular flexibility index (Phi) is 5.67. The Bertz CT molecular complexity index is 397. The molecule has 1 aromatic rings. The molecule has 4 heteroatoms. The van der Waals surface area contributed by atoms with Gasteiger partial charge in [-0.3, -0.25) is 4.90 Å². The minimum atomic E-state index is -0.202. The van der Waals surface area contributed by atoms with Crippen LogP contribution >= 0.6 is 15.9 Å². The van der Waals surface area contributed by atoms with Gasteiger partial charge in [-0.05, 0) is 60.3 Å². The van der Waals surface area contributed by atoms with Gasteiger partial charge in [0.15, 0.2) is 0 Å². The van der Waals surface area contributed by atoms with Gasteiger partial charge in [-0.1, -0.05) is 12.1 Å². The Morgan fingerprint density at radius 3 is 3.00 bits per heavy atom. The second kappa shape index (κ2) is 7.27. The summed E-state index contributed by atoms with van der Waals surface area (Å²) in [4.78, 5) is 2.39. The Morgan fingerprint density at radius 2 is 2.26 bits per heavy atom. The predicted octanol–water partition coefficient (Wildman–Crippen LogP) is 2.92. The number of rotatable bonds is 5. The molecule has 0 radical (unpaired) electrons. The monoisotopic (exact) mass is 327 g/mol. The highest BCUT2D eigenvalue weighted by Gasteiger charge is 2.23. The molecule has 2 atom stereocenters. The third-order valence-electron chi connectivity index (χ3n) is 3.73. The molecule has 0 spiro atoms. The molecule has 2 rings (SSSR count). The van der Waals surface area contributed by atoms with Crippen molar-refractivity contribution in [1.29, 1.82) is 0 Å². The molecular weight excluding hydrogens is 306 g/mol. The summed E-state index contributed by atoms with van der Waals surface area (Å²) in [5.74, 6) is 1.31. The van der Waals surface area contributed by atoms with Gasteiger partial charge in [-0.25, -0.2) is 0 Å². The van der Waals surface area contributed by atoms with Crippen LogP contribution in [0.1, 0.15) is 19.8 Å². The van der Waals surface area contributed by atoms with E-state index in [0.717, 1.165) is 36.3 Å². The van der Waals surface area contributed by atoms with Crippen LogP contribution in [0.5, 0.6) is 5.75 Å². The van der Waals surface area contributed by atoms with E-state index in [4.69, 9.17) is 4.74 Å². The van der Waals surface area contributed by atoms with Crippen LogP contribution in [0, 0.1) is 5.92 Å². The molecule has 0 amide bonds. The van der Waals surface area contributed by atoms with Crippen LogP contribution in [-0.4, -0.2) is 42.4 Å². The second-order valence-electron chi connectivity index (χ2n) is 5.22. The van der Waals surface area contributed by atoms with Crippen LogP contribution in [0.3, 0.4) is 0 Å². The average Bonchev–Trinajstić information content (AvgIpc) is 2.41. The molecule has 1 aromatic carbocycles. The number of hydrogen-bond donors (Lipinski definition) is 1. The number of para-hydroxylation sites is 1. The largest absolute Gasteiger partial charge is 0.491 e. The minimum absolute atomic E-state index is 0.202. The van der Waals surface area contributed by atoms with E-state index < -0.39 is 0 Å². The van der Waals surface area contributed by atoms with Crippen molar-refractivity contribution in [3.8, 4) is 5.75 Å². The number of aliphatic hydroxyl groups excluding tert-OH is 1. The maximum absolute atomic E-state index is 9.67. The summed E-state index contributed by atoms with van der Waals surface area (Å²) in [7, 11) is 0. The van der Waals surface area contributed by atoms with Gasteiger partial charge >= 0.3 is 0 Å². The number of aliphatic hydroxyl groups is 1. The van der Waals surface area contributed by atoms with Crippen molar-refractivity contribution in [2.24, 2.45) is 5.92 Å². The zero-order valence-electron chi connectivity index (χ0n) is 11.4. The molecule has 0 aromatic heterocycles. The van der Waals surface area contributed by atoms with Gasteiger partial charge in [0.05, 0.1) is 10.6 Å². The number of halogens is 1. The summed E-state index contributed by atoms with van der Waals surface area (Å²) in [5, 5.41) is 9.67. The molecule has 1 N–H and O–H groups in total.